The summed E-state index contributed by atoms with van der Waals surface area (Å²) >= 11 is 5.89. The maximum Gasteiger partial charge on any atom is 0.433 e. The summed E-state index contributed by atoms with van der Waals surface area (Å²) in [5, 5.41) is 15.3. The summed E-state index contributed by atoms with van der Waals surface area (Å²) in [6, 6.07) is 12.8. The van der Waals surface area contributed by atoms with Crippen molar-refractivity contribution in [3.8, 4) is 34.4 Å². The minimum atomic E-state index is -4.63. The molecular formula is C23H16ClF4N3O3. The summed E-state index contributed by atoms with van der Waals surface area (Å²) in [4.78, 5) is 3.79. The first-order chi connectivity index (χ1) is 16.1. The van der Waals surface area contributed by atoms with Crippen LogP contribution in [0, 0.1) is 5.82 Å². The van der Waals surface area contributed by atoms with E-state index >= 15 is 0 Å². The molecule has 0 bridgehead atoms. The Morgan fingerprint density at radius 1 is 1.06 bits per heavy atom. The molecule has 0 radical (unpaired) electrons. The third-order valence-corrected chi connectivity index (χ3v) is 5.01. The highest BCUT2D eigenvalue weighted by Crippen LogP contribution is 2.46. The van der Waals surface area contributed by atoms with E-state index in [2.05, 4.69) is 10.1 Å². The number of benzene rings is 2. The Bertz CT molecular complexity index is 1310. The van der Waals surface area contributed by atoms with Crippen LogP contribution in [0.4, 0.5) is 17.6 Å². The minimum absolute atomic E-state index is 0.0259. The van der Waals surface area contributed by atoms with Gasteiger partial charge in [-0.25, -0.2) is 9.37 Å². The predicted octanol–water partition coefficient (Wildman–Crippen LogP) is 6.37. The second-order valence-electron chi connectivity index (χ2n) is 7.16. The summed E-state index contributed by atoms with van der Waals surface area (Å²) in [7, 11) is 1.15. The van der Waals surface area contributed by atoms with Gasteiger partial charge in [0.05, 0.1) is 11.9 Å². The van der Waals surface area contributed by atoms with Gasteiger partial charge in [0.15, 0.2) is 11.5 Å². The van der Waals surface area contributed by atoms with E-state index in [1.54, 1.807) is 24.3 Å². The van der Waals surface area contributed by atoms with Crippen LogP contribution in [0.2, 0.25) is 5.02 Å². The molecule has 0 unspecified atom stereocenters. The Balaban J connectivity index is 1.73. The van der Waals surface area contributed by atoms with E-state index in [0.29, 0.717) is 9.70 Å². The maximum atomic E-state index is 13.2. The SMILES string of the molecule is Cn1nc(-c2ccc(OCc3ccc(Cl)cc3)c(Oc3ccc(F)cn3)c2O)cc1C(F)(F)F. The van der Waals surface area contributed by atoms with Gasteiger partial charge in [-0.2, -0.15) is 18.3 Å². The van der Waals surface area contributed by atoms with Gasteiger partial charge in [-0.3, -0.25) is 4.68 Å². The molecule has 0 aliphatic rings. The summed E-state index contributed by atoms with van der Waals surface area (Å²) in [5.74, 6) is -1.33. The first-order valence-corrected chi connectivity index (χ1v) is 10.1. The molecule has 1 N–H and O–H groups in total. The molecule has 0 amide bonds. The zero-order valence-corrected chi connectivity index (χ0v) is 18.2. The first-order valence-electron chi connectivity index (χ1n) is 9.76. The highest BCUT2D eigenvalue weighted by Gasteiger charge is 2.35. The highest BCUT2D eigenvalue weighted by atomic mass is 35.5. The molecule has 4 aromatic rings. The van der Waals surface area contributed by atoms with Crippen LogP contribution < -0.4 is 9.47 Å². The van der Waals surface area contributed by atoms with Crippen LogP contribution >= 0.6 is 11.6 Å². The Morgan fingerprint density at radius 2 is 1.79 bits per heavy atom. The van der Waals surface area contributed by atoms with Gasteiger partial charge in [-0.05, 0) is 42.0 Å². The molecule has 4 rings (SSSR count). The van der Waals surface area contributed by atoms with E-state index in [0.717, 1.165) is 30.9 Å². The fourth-order valence-electron chi connectivity index (χ4n) is 3.10. The fourth-order valence-corrected chi connectivity index (χ4v) is 3.23. The molecule has 0 aliphatic carbocycles. The van der Waals surface area contributed by atoms with E-state index in [4.69, 9.17) is 21.1 Å². The minimum Gasteiger partial charge on any atom is -0.504 e. The largest absolute Gasteiger partial charge is 0.504 e. The van der Waals surface area contributed by atoms with Crippen LogP contribution in [-0.4, -0.2) is 19.9 Å². The monoisotopic (exact) mass is 493 g/mol. The van der Waals surface area contributed by atoms with Crippen LogP contribution in [0.3, 0.4) is 0 Å². The third kappa shape index (κ3) is 5.07. The van der Waals surface area contributed by atoms with E-state index < -0.39 is 23.4 Å². The molecular weight excluding hydrogens is 478 g/mol. The van der Waals surface area contributed by atoms with Gasteiger partial charge in [0.25, 0.3) is 0 Å². The van der Waals surface area contributed by atoms with Crippen LogP contribution in [0.1, 0.15) is 11.3 Å². The number of rotatable bonds is 6. The van der Waals surface area contributed by atoms with Crippen molar-refractivity contribution in [2.24, 2.45) is 7.05 Å². The van der Waals surface area contributed by atoms with Crippen molar-refractivity contribution in [3.05, 3.63) is 82.9 Å². The number of ether oxygens (including phenoxy) is 2. The average Bonchev–Trinajstić information content (AvgIpc) is 3.18. The number of phenolic OH excluding ortho intramolecular Hbond substituents is 1. The normalized spacial score (nSPS) is 11.5. The van der Waals surface area contributed by atoms with Gasteiger partial charge < -0.3 is 14.6 Å². The van der Waals surface area contributed by atoms with Crippen LogP contribution in [-0.2, 0) is 19.8 Å². The number of alkyl halides is 3. The first kappa shape index (κ1) is 23.4. The zero-order chi connectivity index (χ0) is 24.5. The molecule has 0 saturated heterocycles. The standard InChI is InChI=1S/C23H16ClF4N3O3/c1-31-19(23(26,27)28)10-17(30-31)16-7-8-18(33-12-13-2-4-14(24)5-3-13)22(21(16)32)34-20-9-6-15(25)11-29-20/h2-11,32H,12H2,1H3. The molecule has 34 heavy (non-hydrogen) atoms. The molecule has 0 spiro atoms. The van der Waals surface area contributed by atoms with Gasteiger partial charge in [0.1, 0.15) is 18.1 Å². The summed E-state index contributed by atoms with van der Waals surface area (Å²) in [6.07, 6.45) is -3.71. The lowest BCUT2D eigenvalue weighted by molar-refractivity contribution is -0.143. The van der Waals surface area contributed by atoms with Crippen molar-refractivity contribution < 1.29 is 32.1 Å². The number of phenols is 1. The number of halogens is 5. The molecule has 0 atom stereocenters. The molecule has 2 aromatic carbocycles. The topological polar surface area (TPSA) is 69.4 Å². The lowest BCUT2D eigenvalue weighted by Crippen LogP contribution is -2.11. The fraction of sp³-hybridized carbons (Fsp3) is 0.130. The Hall–Kier alpha value is -3.79. The Morgan fingerprint density at radius 3 is 2.41 bits per heavy atom. The Labute approximate surface area is 196 Å². The van der Waals surface area contributed by atoms with Gasteiger partial charge in [-0.1, -0.05) is 23.7 Å². The number of nitrogens with zero attached hydrogens (tertiary/aromatic N) is 3. The van der Waals surface area contributed by atoms with E-state index in [9.17, 15) is 22.7 Å². The van der Waals surface area contributed by atoms with E-state index in [-0.39, 0.29) is 35.2 Å². The Kier molecular flexibility index (Phi) is 6.34. The van der Waals surface area contributed by atoms with Gasteiger partial charge >= 0.3 is 6.18 Å². The van der Waals surface area contributed by atoms with E-state index in [1.807, 2.05) is 0 Å². The highest BCUT2D eigenvalue weighted by molar-refractivity contribution is 6.30. The molecule has 2 heterocycles. The summed E-state index contributed by atoms with van der Waals surface area (Å²) in [5.41, 5.74) is -0.387. The third-order valence-electron chi connectivity index (χ3n) is 4.76. The van der Waals surface area contributed by atoms with Crippen LogP contribution in [0.15, 0.2) is 60.8 Å². The second-order valence-corrected chi connectivity index (χ2v) is 7.59. The number of aromatic nitrogens is 3. The van der Waals surface area contributed by atoms with E-state index in [1.165, 1.54) is 18.2 Å². The van der Waals surface area contributed by atoms with Crippen molar-refractivity contribution >= 4 is 11.6 Å². The predicted molar refractivity (Wildman–Crippen MR) is 115 cm³/mol. The maximum absolute atomic E-state index is 13.2. The average molecular weight is 494 g/mol. The molecule has 176 valence electrons. The molecule has 2 aromatic heterocycles. The quantitative estimate of drug-likeness (QED) is 0.316. The number of hydrogen-bond donors (Lipinski definition) is 1. The van der Waals surface area contributed by atoms with Crippen molar-refractivity contribution in [2.45, 2.75) is 12.8 Å². The lowest BCUT2D eigenvalue weighted by Gasteiger charge is -2.15. The summed E-state index contributed by atoms with van der Waals surface area (Å²) < 4.78 is 65.0. The van der Waals surface area contributed by atoms with Crippen LogP contribution in [0.25, 0.3) is 11.3 Å². The van der Waals surface area contributed by atoms with Gasteiger partial charge in [0.2, 0.25) is 11.6 Å². The van der Waals surface area contributed by atoms with Crippen molar-refractivity contribution in [1.82, 2.24) is 14.8 Å². The second kappa shape index (κ2) is 9.22. The smallest absolute Gasteiger partial charge is 0.433 e. The van der Waals surface area contributed by atoms with Crippen LogP contribution in [0.5, 0.6) is 23.1 Å². The number of pyridine rings is 1. The van der Waals surface area contributed by atoms with Gasteiger partial charge in [0, 0.05) is 23.7 Å². The molecule has 0 aliphatic heterocycles. The lowest BCUT2D eigenvalue weighted by atomic mass is 10.1. The number of aryl methyl sites for hydroxylation is 1. The molecule has 0 saturated carbocycles. The number of aromatic hydroxyl groups is 1. The summed E-state index contributed by atoms with van der Waals surface area (Å²) in [6.45, 7) is 0.0744. The van der Waals surface area contributed by atoms with Crippen molar-refractivity contribution in [2.75, 3.05) is 0 Å². The number of hydrogen-bond acceptors (Lipinski definition) is 5. The molecule has 0 fully saturated rings. The van der Waals surface area contributed by atoms with Gasteiger partial charge in [-0.15, -0.1) is 0 Å². The molecule has 6 nitrogen and oxygen atoms in total. The van der Waals surface area contributed by atoms with Crippen molar-refractivity contribution in [3.63, 3.8) is 0 Å². The molecule has 11 heteroatoms. The zero-order valence-electron chi connectivity index (χ0n) is 17.5. The van der Waals surface area contributed by atoms with Crippen molar-refractivity contribution in [1.29, 1.82) is 0 Å².